The average molecular weight is 189 g/mol. The molecule has 0 spiro atoms. The van der Waals surface area contributed by atoms with E-state index in [0.29, 0.717) is 18.5 Å². The summed E-state index contributed by atoms with van der Waals surface area (Å²) in [5.41, 5.74) is 0.410. The summed E-state index contributed by atoms with van der Waals surface area (Å²) in [6, 6.07) is 5.18. The number of carbonyl (C=O) groups excluding carboxylic acids is 2. The lowest BCUT2D eigenvalue weighted by Gasteiger charge is -2.04. The molecule has 1 aromatic rings. The Morgan fingerprint density at radius 1 is 1.43 bits per heavy atom. The highest BCUT2D eigenvalue weighted by atomic mass is 16.2. The van der Waals surface area contributed by atoms with E-state index in [1.165, 1.54) is 0 Å². The number of Topliss-reactive ketones (excluding diaryl/α,β-unsaturated/α-hetero) is 2. The standard InChI is InChI=1S/C11H11NO2/c13-10-6-3-4-8(10)11(14)9-5-1-2-7-12-9/h1-2,5,7-8H,3-4,6H2. The Hall–Kier alpha value is -1.51. The van der Waals surface area contributed by atoms with Gasteiger partial charge in [-0.1, -0.05) is 6.07 Å². The normalized spacial score (nSPS) is 21.1. The summed E-state index contributed by atoms with van der Waals surface area (Å²) >= 11 is 0. The van der Waals surface area contributed by atoms with Crippen LogP contribution in [0, 0.1) is 5.92 Å². The molecule has 0 aromatic carbocycles. The van der Waals surface area contributed by atoms with Crippen molar-refractivity contribution in [1.82, 2.24) is 4.98 Å². The number of aromatic nitrogens is 1. The minimum atomic E-state index is -0.426. The second-order valence-corrected chi connectivity index (χ2v) is 3.49. The number of nitrogens with zero attached hydrogens (tertiary/aromatic N) is 1. The molecule has 0 radical (unpaired) electrons. The molecule has 14 heavy (non-hydrogen) atoms. The largest absolute Gasteiger partial charge is 0.299 e. The molecule has 3 nitrogen and oxygen atoms in total. The Balaban J connectivity index is 2.20. The summed E-state index contributed by atoms with van der Waals surface area (Å²) < 4.78 is 0. The van der Waals surface area contributed by atoms with Crippen LogP contribution in [-0.2, 0) is 4.79 Å². The smallest absolute Gasteiger partial charge is 0.191 e. The zero-order valence-electron chi connectivity index (χ0n) is 7.77. The molecule has 1 fully saturated rings. The highest BCUT2D eigenvalue weighted by Crippen LogP contribution is 2.24. The van der Waals surface area contributed by atoms with Crippen LogP contribution in [-0.4, -0.2) is 16.6 Å². The van der Waals surface area contributed by atoms with Gasteiger partial charge in [0.05, 0.1) is 5.92 Å². The molecule has 1 atom stereocenters. The van der Waals surface area contributed by atoms with Gasteiger partial charge >= 0.3 is 0 Å². The van der Waals surface area contributed by atoms with Crippen LogP contribution in [0.4, 0.5) is 0 Å². The predicted octanol–water partition coefficient (Wildman–Crippen LogP) is 1.63. The van der Waals surface area contributed by atoms with Crippen molar-refractivity contribution in [3.05, 3.63) is 30.1 Å². The summed E-state index contributed by atoms with van der Waals surface area (Å²) in [7, 11) is 0. The molecule has 0 amide bonds. The van der Waals surface area contributed by atoms with Crippen molar-refractivity contribution in [2.45, 2.75) is 19.3 Å². The first-order chi connectivity index (χ1) is 6.79. The number of rotatable bonds is 2. The van der Waals surface area contributed by atoms with E-state index in [-0.39, 0.29) is 11.6 Å². The van der Waals surface area contributed by atoms with Crippen LogP contribution in [0.1, 0.15) is 29.8 Å². The third-order valence-corrected chi connectivity index (χ3v) is 2.54. The Kier molecular flexibility index (Phi) is 2.39. The molecular formula is C11H11NO2. The van der Waals surface area contributed by atoms with E-state index in [1.807, 2.05) is 0 Å². The average Bonchev–Trinajstić information content (AvgIpc) is 2.65. The molecule has 1 saturated carbocycles. The lowest BCUT2D eigenvalue weighted by molar-refractivity contribution is -0.119. The fraction of sp³-hybridized carbons (Fsp3) is 0.364. The maximum atomic E-state index is 11.8. The van der Waals surface area contributed by atoms with Crippen molar-refractivity contribution in [2.75, 3.05) is 0 Å². The van der Waals surface area contributed by atoms with Crippen molar-refractivity contribution < 1.29 is 9.59 Å². The van der Waals surface area contributed by atoms with Crippen LogP contribution < -0.4 is 0 Å². The quantitative estimate of drug-likeness (QED) is 0.524. The zero-order chi connectivity index (χ0) is 9.97. The molecule has 1 unspecified atom stereocenters. The minimum absolute atomic E-state index is 0.0700. The van der Waals surface area contributed by atoms with Crippen LogP contribution in [0.25, 0.3) is 0 Å². The summed E-state index contributed by atoms with van der Waals surface area (Å²) in [6.07, 6.45) is 3.65. The Bertz CT molecular complexity index is 359. The molecule has 1 aliphatic carbocycles. The van der Waals surface area contributed by atoms with E-state index in [4.69, 9.17) is 0 Å². The van der Waals surface area contributed by atoms with E-state index in [2.05, 4.69) is 4.98 Å². The number of pyridine rings is 1. The van der Waals surface area contributed by atoms with Crippen molar-refractivity contribution in [3.8, 4) is 0 Å². The van der Waals surface area contributed by atoms with Crippen LogP contribution in [0.15, 0.2) is 24.4 Å². The molecule has 0 saturated heterocycles. The molecule has 0 bridgehead atoms. The monoisotopic (exact) mass is 189 g/mol. The molecule has 3 heteroatoms. The van der Waals surface area contributed by atoms with Gasteiger partial charge in [-0.05, 0) is 25.0 Å². The first-order valence-electron chi connectivity index (χ1n) is 4.77. The molecule has 1 heterocycles. The second kappa shape index (κ2) is 3.70. The number of hydrogen-bond acceptors (Lipinski definition) is 3. The van der Waals surface area contributed by atoms with E-state index >= 15 is 0 Å². The predicted molar refractivity (Wildman–Crippen MR) is 50.9 cm³/mol. The highest BCUT2D eigenvalue weighted by molar-refractivity contribution is 6.10. The first kappa shape index (κ1) is 9.06. The van der Waals surface area contributed by atoms with E-state index in [0.717, 1.165) is 6.42 Å². The van der Waals surface area contributed by atoms with Crippen molar-refractivity contribution in [2.24, 2.45) is 5.92 Å². The fourth-order valence-electron chi connectivity index (χ4n) is 1.78. The van der Waals surface area contributed by atoms with Gasteiger partial charge in [0.2, 0.25) is 0 Å². The third-order valence-electron chi connectivity index (χ3n) is 2.54. The van der Waals surface area contributed by atoms with Crippen molar-refractivity contribution in [3.63, 3.8) is 0 Å². The lowest BCUT2D eigenvalue weighted by Crippen LogP contribution is -2.19. The molecule has 0 N–H and O–H groups in total. The lowest BCUT2D eigenvalue weighted by atomic mass is 9.99. The van der Waals surface area contributed by atoms with Gasteiger partial charge in [-0.3, -0.25) is 14.6 Å². The van der Waals surface area contributed by atoms with Gasteiger partial charge in [-0.2, -0.15) is 0 Å². The van der Waals surface area contributed by atoms with E-state index in [1.54, 1.807) is 24.4 Å². The van der Waals surface area contributed by atoms with Crippen LogP contribution >= 0.6 is 0 Å². The van der Waals surface area contributed by atoms with Gasteiger partial charge in [0.15, 0.2) is 5.78 Å². The Morgan fingerprint density at radius 2 is 2.29 bits per heavy atom. The molecule has 0 aliphatic heterocycles. The zero-order valence-corrected chi connectivity index (χ0v) is 7.77. The summed E-state index contributed by atoms with van der Waals surface area (Å²) in [6.45, 7) is 0. The van der Waals surface area contributed by atoms with Crippen LogP contribution in [0.5, 0.6) is 0 Å². The SMILES string of the molecule is O=C1CCCC1C(=O)c1ccccn1. The molecule has 1 aliphatic rings. The fourth-order valence-corrected chi connectivity index (χ4v) is 1.78. The number of ketones is 2. The molecule has 2 rings (SSSR count). The van der Waals surface area contributed by atoms with Crippen LogP contribution in [0.2, 0.25) is 0 Å². The Labute approximate surface area is 82.2 Å². The molecule has 1 aromatic heterocycles. The summed E-state index contributed by atoms with van der Waals surface area (Å²) in [5.74, 6) is -0.473. The third kappa shape index (κ3) is 1.58. The van der Waals surface area contributed by atoms with Crippen molar-refractivity contribution in [1.29, 1.82) is 0 Å². The van der Waals surface area contributed by atoms with Gasteiger partial charge in [-0.25, -0.2) is 0 Å². The topological polar surface area (TPSA) is 47.0 Å². The maximum Gasteiger partial charge on any atom is 0.191 e. The summed E-state index contributed by atoms with van der Waals surface area (Å²) in [4.78, 5) is 27.1. The summed E-state index contributed by atoms with van der Waals surface area (Å²) in [5, 5.41) is 0. The van der Waals surface area contributed by atoms with Crippen molar-refractivity contribution >= 4 is 11.6 Å². The first-order valence-corrected chi connectivity index (χ1v) is 4.77. The van der Waals surface area contributed by atoms with Gasteiger partial charge in [-0.15, -0.1) is 0 Å². The second-order valence-electron chi connectivity index (χ2n) is 3.49. The van der Waals surface area contributed by atoms with Gasteiger partial charge < -0.3 is 0 Å². The number of carbonyl (C=O) groups is 2. The molecule has 72 valence electrons. The van der Waals surface area contributed by atoms with Gasteiger partial charge in [0, 0.05) is 12.6 Å². The maximum absolute atomic E-state index is 11.8. The van der Waals surface area contributed by atoms with Crippen LogP contribution in [0.3, 0.4) is 0 Å². The Morgan fingerprint density at radius 3 is 2.86 bits per heavy atom. The van der Waals surface area contributed by atoms with E-state index in [9.17, 15) is 9.59 Å². The highest BCUT2D eigenvalue weighted by Gasteiger charge is 2.31. The number of hydrogen-bond donors (Lipinski definition) is 0. The van der Waals surface area contributed by atoms with Gasteiger partial charge in [0.1, 0.15) is 11.5 Å². The minimum Gasteiger partial charge on any atom is -0.299 e. The van der Waals surface area contributed by atoms with E-state index < -0.39 is 5.92 Å². The van der Waals surface area contributed by atoms with Gasteiger partial charge in [0.25, 0.3) is 0 Å². The molecular weight excluding hydrogens is 178 g/mol.